The SMILES string of the molecule is O=CCCC#CCCc1ccccc1. The van der Waals surface area contributed by atoms with Crippen LogP contribution in [-0.2, 0) is 11.2 Å². The second-order valence-electron chi connectivity index (χ2n) is 3.04. The Hall–Kier alpha value is -1.55. The molecule has 0 fully saturated rings. The molecule has 1 aromatic rings. The number of carbonyl (C=O) groups excluding carboxylic acids is 1. The first kappa shape index (κ1) is 10.5. The summed E-state index contributed by atoms with van der Waals surface area (Å²) >= 11 is 0. The fourth-order valence-electron chi connectivity index (χ4n) is 1.16. The van der Waals surface area contributed by atoms with E-state index in [-0.39, 0.29) is 0 Å². The molecule has 1 nitrogen and oxygen atoms in total. The van der Waals surface area contributed by atoms with Gasteiger partial charge in [-0.05, 0) is 12.0 Å². The lowest BCUT2D eigenvalue weighted by molar-refractivity contribution is -0.107. The highest BCUT2D eigenvalue weighted by atomic mass is 16.1. The Kier molecular flexibility index (Phi) is 5.20. The molecule has 1 rings (SSSR count). The van der Waals surface area contributed by atoms with Gasteiger partial charge in [0.15, 0.2) is 0 Å². The van der Waals surface area contributed by atoms with Crippen LogP contribution in [0.15, 0.2) is 30.3 Å². The second kappa shape index (κ2) is 6.91. The van der Waals surface area contributed by atoms with Gasteiger partial charge in [0.25, 0.3) is 0 Å². The number of aryl methyl sites for hydroxylation is 1. The summed E-state index contributed by atoms with van der Waals surface area (Å²) in [6.45, 7) is 0. The average Bonchev–Trinajstić information content (AvgIpc) is 2.25. The molecular formula is C13H14O. The number of rotatable bonds is 4. The van der Waals surface area contributed by atoms with Crippen molar-refractivity contribution in [3.63, 3.8) is 0 Å². The molecule has 1 aromatic carbocycles. The van der Waals surface area contributed by atoms with Gasteiger partial charge in [-0.15, -0.1) is 11.8 Å². The number of unbranched alkanes of at least 4 members (excludes halogenated alkanes) is 1. The normalized spacial score (nSPS) is 8.86. The Morgan fingerprint density at radius 1 is 1.07 bits per heavy atom. The maximum atomic E-state index is 9.99. The molecule has 0 aromatic heterocycles. The molecule has 0 N–H and O–H groups in total. The summed E-state index contributed by atoms with van der Waals surface area (Å²) in [6.07, 6.45) is 4.03. The average molecular weight is 186 g/mol. The van der Waals surface area contributed by atoms with Crippen molar-refractivity contribution in [2.45, 2.75) is 25.7 Å². The van der Waals surface area contributed by atoms with E-state index in [4.69, 9.17) is 0 Å². The summed E-state index contributed by atoms with van der Waals surface area (Å²) < 4.78 is 0. The summed E-state index contributed by atoms with van der Waals surface area (Å²) in [6, 6.07) is 10.3. The van der Waals surface area contributed by atoms with Crippen LogP contribution in [0.4, 0.5) is 0 Å². The summed E-state index contributed by atoms with van der Waals surface area (Å²) in [5, 5.41) is 0. The molecule has 0 atom stereocenters. The number of benzene rings is 1. The van der Waals surface area contributed by atoms with Crippen molar-refractivity contribution in [3.8, 4) is 11.8 Å². The van der Waals surface area contributed by atoms with Crippen molar-refractivity contribution >= 4 is 6.29 Å². The van der Waals surface area contributed by atoms with Gasteiger partial charge in [0.1, 0.15) is 6.29 Å². The van der Waals surface area contributed by atoms with Gasteiger partial charge in [0, 0.05) is 19.3 Å². The molecule has 0 aliphatic heterocycles. The maximum absolute atomic E-state index is 9.99. The third-order valence-electron chi connectivity index (χ3n) is 1.89. The molecule has 0 heterocycles. The van der Waals surface area contributed by atoms with Gasteiger partial charge in [-0.2, -0.15) is 0 Å². The van der Waals surface area contributed by atoms with E-state index in [1.807, 2.05) is 18.2 Å². The van der Waals surface area contributed by atoms with Crippen molar-refractivity contribution in [2.75, 3.05) is 0 Å². The monoisotopic (exact) mass is 186 g/mol. The van der Waals surface area contributed by atoms with Crippen molar-refractivity contribution in [1.82, 2.24) is 0 Å². The lowest BCUT2D eigenvalue weighted by Gasteiger charge is -1.94. The molecule has 0 saturated carbocycles. The maximum Gasteiger partial charge on any atom is 0.120 e. The van der Waals surface area contributed by atoms with E-state index in [1.165, 1.54) is 5.56 Å². The molecule has 0 aliphatic rings. The molecule has 1 heteroatoms. The zero-order valence-electron chi connectivity index (χ0n) is 8.20. The lowest BCUT2D eigenvalue weighted by atomic mass is 10.1. The molecule has 0 amide bonds. The van der Waals surface area contributed by atoms with Crippen LogP contribution in [0.3, 0.4) is 0 Å². The molecule has 0 unspecified atom stereocenters. The number of aldehydes is 1. The Bertz CT molecular complexity index is 316. The van der Waals surface area contributed by atoms with Crippen LogP contribution >= 0.6 is 0 Å². The third-order valence-corrected chi connectivity index (χ3v) is 1.89. The number of hydrogen-bond donors (Lipinski definition) is 0. The minimum absolute atomic E-state index is 0.554. The molecule has 0 bridgehead atoms. The summed E-state index contributed by atoms with van der Waals surface area (Å²) in [4.78, 5) is 9.99. The standard InChI is InChI=1S/C13H14O/c14-12-8-3-1-2-5-9-13-10-6-4-7-11-13/h4,6-7,10-12H,3,5,8-9H2. The van der Waals surface area contributed by atoms with Crippen molar-refractivity contribution in [1.29, 1.82) is 0 Å². The van der Waals surface area contributed by atoms with Crippen LogP contribution in [0.1, 0.15) is 24.8 Å². The third kappa shape index (κ3) is 4.47. The Morgan fingerprint density at radius 2 is 1.79 bits per heavy atom. The minimum atomic E-state index is 0.554. The van der Waals surface area contributed by atoms with Crippen LogP contribution in [0.2, 0.25) is 0 Å². The quantitative estimate of drug-likeness (QED) is 0.401. The second-order valence-corrected chi connectivity index (χ2v) is 3.04. The minimum Gasteiger partial charge on any atom is -0.303 e. The van der Waals surface area contributed by atoms with Gasteiger partial charge in [-0.3, -0.25) is 0 Å². The van der Waals surface area contributed by atoms with Crippen LogP contribution in [0.25, 0.3) is 0 Å². The molecule has 14 heavy (non-hydrogen) atoms. The zero-order chi connectivity index (χ0) is 10.1. The zero-order valence-corrected chi connectivity index (χ0v) is 8.20. The van der Waals surface area contributed by atoms with Crippen LogP contribution in [0.5, 0.6) is 0 Å². The van der Waals surface area contributed by atoms with Crippen molar-refractivity contribution < 1.29 is 4.79 Å². The Labute approximate surface area is 85.1 Å². The highest BCUT2D eigenvalue weighted by molar-refractivity contribution is 5.49. The van der Waals surface area contributed by atoms with Gasteiger partial charge in [0.2, 0.25) is 0 Å². The van der Waals surface area contributed by atoms with E-state index in [1.54, 1.807) is 0 Å². The molecular weight excluding hydrogens is 172 g/mol. The van der Waals surface area contributed by atoms with E-state index < -0.39 is 0 Å². The van der Waals surface area contributed by atoms with E-state index in [9.17, 15) is 4.79 Å². The highest BCUT2D eigenvalue weighted by Crippen LogP contribution is 2.01. The Balaban J connectivity index is 2.20. The van der Waals surface area contributed by atoms with Gasteiger partial charge in [-0.25, -0.2) is 0 Å². The first-order chi connectivity index (χ1) is 6.93. The van der Waals surface area contributed by atoms with Crippen LogP contribution < -0.4 is 0 Å². The summed E-state index contributed by atoms with van der Waals surface area (Å²) in [5.41, 5.74) is 1.32. The lowest BCUT2D eigenvalue weighted by Crippen LogP contribution is -1.81. The fourth-order valence-corrected chi connectivity index (χ4v) is 1.16. The predicted octanol–water partition coefficient (Wildman–Crippen LogP) is 2.60. The summed E-state index contributed by atoms with van der Waals surface area (Å²) in [7, 11) is 0. The topological polar surface area (TPSA) is 17.1 Å². The van der Waals surface area contributed by atoms with E-state index in [0.29, 0.717) is 12.8 Å². The first-order valence-electron chi connectivity index (χ1n) is 4.87. The van der Waals surface area contributed by atoms with Gasteiger partial charge < -0.3 is 4.79 Å². The van der Waals surface area contributed by atoms with Crippen molar-refractivity contribution in [2.24, 2.45) is 0 Å². The van der Waals surface area contributed by atoms with Crippen molar-refractivity contribution in [3.05, 3.63) is 35.9 Å². The molecule has 0 saturated heterocycles. The predicted molar refractivity (Wildman–Crippen MR) is 57.8 cm³/mol. The smallest absolute Gasteiger partial charge is 0.120 e. The molecule has 72 valence electrons. The highest BCUT2D eigenvalue weighted by Gasteiger charge is 1.87. The van der Waals surface area contributed by atoms with Gasteiger partial charge >= 0.3 is 0 Å². The van der Waals surface area contributed by atoms with Gasteiger partial charge in [-0.1, -0.05) is 30.3 Å². The first-order valence-corrected chi connectivity index (χ1v) is 4.87. The number of hydrogen-bond acceptors (Lipinski definition) is 1. The van der Waals surface area contributed by atoms with E-state index in [0.717, 1.165) is 19.1 Å². The van der Waals surface area contributed by atoms with Gasteiger partial charge in [0.05, 0.1) is 0 Å². The van der Waals surface area contributed by atoms with E-state index >= 15 is 0 Å². The van der Waals surface area contributed by atoms with E-state index in [2.05, 4.69) is 24.0 Å². The largest absolute Gasteiger partial charge is 0.303 e. The molecule has 0 aliphatic carbocycles. The van der Waals surface area contributed by atoms with Crippen LogP contribution in [0, 0.1) is 11.8 Å². The fraction of sp³-hybridized carbons (Fsp3) is 0.308. The van der Waals surface area contributed by atoms with Crippen LogP contribution in [-0.4, -0.2) is 6.29 Å². The number of carbonyl (C=O) groups is 1. The summed E-state index contributed by atoms with van der Waals surface area (Å²) in [5.74, 6) is 6.04. The molecule has 0 spiro atoms. The Morgan fingerprint density at radius 3 is 2.50 bits per heavy atom. The molecule has 0 radical (unpaired) electrons.